The molecule has 28 heavy (non-hydrogen) atoms. The van der Waals surface area contributed by atoms with Crippen LogP contribution in [0.15, 0.2) is 48.5 Å². The number of carbonyl (C=O) groups excluding carboxylic acids is 1. The second kappa shape index (κ2) is 7.92. The molecule has 2 fully saturated rings. The fraction of sp³-hybridized carbons (Fsp3) is 0.435. The van der Waals surface area contributed by atoms with Crippen LogP contribution in [0, 0.1) is 11.7 Å². The van der Waals surface area contributed by atoms with Crippen LogP contribution in [0.25, 0.3) is 0 Å². The highest BCUT2D eigenvalue weighted by Crippen LogP contribution is 2.43. The van der Waals surface area contributed by atoms with E-state index in [4.69, 9.17) is 9.47 Å². The van der Waals surface area contributed by atoms with E-state index in [0.717, 1.165) is 29.7 Å². The first-order valence-corrected chi connectivity index (χ1v) is 9.91. The van der Waals surface area contributed by atoms with Crippen LogP contribution in [-0.4, -0.2) is 26.2 Å². The van der Waals surface area contributed by atoms with E-state index in [1.54, 1.807) is 13.2 Å². The number of benzene rings is 2. The van der Waals surface area contributed by atoms with Crippen molar-refractivity contribution in [3.05, 3.63) is 65.5 Å². The van der Waals surface area contributed by atoms with E-state index in [9.17, 15) is 9.18 Å². The highest BCUT2D eigenvalue weighted by atomic mass is 19.1. The lowest BCUT2D eigenvalue weighted by molar-refractivity contribution is -0.131. The number of halogens is 1. The third kappa shape index (κ3) is 3.76. The normalized spacial score (nSPS) is 19.6. The van der Waals surface area contributed by atoms with Crippen molar-refractivity contribution in [2.24, 2.45) is 5.92 Å². The van der Waals surface area contributed by atoms with Gasteiger partial charge in [-0.25, -0.2) is 4.39 Å². The zero-order valence-corrected chi connectivity index (χ0v) is 16.1. The van der Waals surface area contributed by atoms with Crippen molar-refractivity contribution in [2.75, 3.05) is 20.3 Å². The van der Waals surface area contributed by atoms with Gasteiger partial charge in [-0.1, -0.05) is 24.3 Å². The van der Waals surface area contributed by atoms with Gasteiger partial charge in [-0.3, -0.25) is 4.79 Å². The minimum absolute atomic E-state index is 0.0332. The van der Waals surface area contributed by atoms with Gasteiger partial charge in [0.15, 0.2) is 0 Å². The molecule has 1 N–H and O–H groups in total. The van der Waals surface area contributed by atoms with Crippen LogP contribution < -0.4 is 10.1 Å². The Bertz CT molecular complexity index is 826. The predicted molar refractivity (Wildman–Crippen MR) is 105 cm³/mol. The molecule has 1 amide bonds. The van der Waals surface area contributed by atoms with Gasteiger partial charge in [-0.15, -0.1) is 0 Å². The first kappa shape index (κ1) is 18.9. The molecule has 4 nitrogen and oxygen atoms in total. The third-order valence-electron chi connectivity index (χ3n) is 6.01. The minimum atomic E-state index is -0.750. The third-order valence-corrected chi connectivity index (χ3v) is 6.01. The first-order valence-electron chi connectivity index (χ1n) is 9.91. The molecule has 2 aromatic rings. The molecule has 5 heteroatoms. The van der Waals surface area contributed by atoms with Crippen LogP contribution in [0.4, 0.5) is 4.39 Å². The monoisotopic (exact) mass is 383 g/mol. The largest absolute Gasteiger partial charge is 0.497 e. The topological polar surface area (TPSA) is 47.6 Å². The van der Waals surface area contributed by atoms with Crippen molar-refractivity contribution in [1.82, 2.24) is 5.32 Å². The summed E-state index contributed by atoms with van der Waals surface area (Å²) >= 11 is 0. The molecule has 1 atom stereocenters. The van der Waals surface area contributed by atoms with E-state index in [1.165, 1.54) is 12.1 Å². The van der Waals surface area contributed by atoms with E-state index in [2.05, 4.69) is 5.32 Å². The summed E-state index contributed by atoms with van der Waals surface area (Å²) in [5, 5.41) is 3.30. The second-order valence-electron chi connectivity index (χ2n) is 7.77. The average molecular weight is 383 g/mol. The van der Waals surface area contributed by atoms with Crippen LogP contribution in [0.1, 0.15) is 42.9 Å². The van der Waals surface area contributed by atoms with E-state index < -0.39 is 5.41 Å². The molecule has 148 valence electrons. The maximum atomic E-state index is 13.9. The molecule has 0 spiro atoms. The maximum absolute atomic E-state index is 13.9. The average Bonchev–Trinajstić information content (AvgIpc) is 3.57. The maximum Gasteiger partial charge on any atom is 0.231 e. The van der Waals surface area contributed by atoms with Gasteiger partial charge < -0.3 is 14.8 Å². The smallest absolute Gasteiger partial charge is 0.231 e. The van der Waals surface area contributed by atoms with Crippen LogP contribution in [0.5, 0.6) is 5.75 Å². The number of rotatable bonds is 6. The number of methoxy groups -OCH3 is 1. The zero-order valence-electron chi connectivity index (χ0n) is 16.1. The number of nitrogens with one attached hydrogen (secondary N) is 1. The molecule has 1 heterocycles. The Balaban J connectivity index is 1.62. The lowest BCUT2D eigenvalue weighted by Crippen LogP contribution is -2.49. The van der Waals surface area contributed by atoms with Crippen molar-refractivity contribution in [1.29, 1.82) is 0 Å². The van der Waals surface area contributed by atoms with Crippen LogP contribution in [0.2, 0.25) is 0 Å². The van der Waals surface area contributed by atoms with Gasteiger partial charge in [-0.2, -0.15) is 0 Å². The number of hydrogen-bond donors (Lipinski definition) is 1. The number of ether oxygens (including phenoxy) is 2. The molecule has 1 saturated heterocycles. The Morgan fingerprint density at radius 3 is 2.50 bits per heavy atom. The van der Waals surface area contributed by atoms with Gasteiger partial charge in [0.2, 0.25) is 5.91 Å². The highest BCUT2D eigenvalue weighted by molar-refractivity contribution is 5.88. The van der Waals surface area contributed by atoms with E-state index in [1.807, 2.05) is 30.3 Å². The summed E-state index contributed by atoms with van der Waals surface area (Å²) in [4.78, 5) is 13.6. The summed E-state index contributed by atoms with van der Waals surface area (Å²) in [6, 6.07) is 14.3. The number of carbonyl (C=O) groups is 1. The molecular formula is C23H26FNO3. The SMILES string of the molecule is COc1ccc([C@@H](NC(=O)C2(c3cccc(F)c3)CCOCC2)C2CC2)cc1. The molecule has 2 aliphatic rings. The van der Waals surface area contributed by atoms with Crippen molar-refractivity contribution < 1.29 is 18.7 Å². The molecule has 1 aliphatic carbocycles. The molecule has 1 saturated carbocycles. The van der Waals surface area contributed by atoms with Crippen molar-refractivity contribution in [2.45, 2.75) is 37.1 Å². The van der Waals surface area contributed by atoms with Gasteiger partial charge in [-0.05, 0) is 67.0 Å². The Labute approximate surface area is 165 Å². The standard InChI is InChI=1S/C23H26FNO3/c1-27-20-9-7-17(8-10-20)21(16-5-6-16)25-22(26)23(11-13-28-14-12-23)18-3-2-4-19(24)15-18/h2-4,7-10,15-16,21H,5-6,11-14H2,1H3,(H,25,26)/t21-/m0/s1. The Morgan fingerprint density at radius 1 is 1.18 bits per heavy atom. The van der Waals surface area contributed by atoms with E-state index in [-0.39, 0.29) is 17.8 Å². The molecular weight excluding hydrogens is 357 g/mol. The molecule has 2 aromatic carbocycles. The molecule has 0 unspecified atom stereocenters. The fourth-order valence-electron chi connectivity index (χ4n) is 4.15. The van der Waals surface area contributed by atoms with Crippen LogP contribution in [0.3, 0.4) is 0 Å². The lowest BCUT2D eigenvalue weighted by atomic mass is 9.73. The van der Waals surface area contributed by atoms with Crippen molar-refractivity contribution in [3.8, 4) is 5.75 Å². The van der Waals surface area contributed by atoms with Gasteiger partial charge in [0, 0.05) is 13.2 Å². The van der Waals surface area contributed by atoms with Gasteiger partial charge >= 0.3 is 0 Å². The van der Waals surface area contributed by atoms with Crippen molar-refractivity contribution in [3.63, 3.8) is 0 Å². The first-order chi connectivity index (χ1) is 13.6. The summed E-state index contributed by atoms with van der Waals surface area (Å²) in [6.07, 6.45) is 3.32. The number of hydrogen-bond acceptors (Lipinski definition) is 3. The minimum Gasteiger partial charge on any atom is -0.497 e. The predicted octanol–water partition coefficient (Wildman–Crippen LogP) is 4.15. The van der Waals surface area contributed by atoms with Crippen LogP contribution in [-0.2, 0) is 14.9 Å². The Kier molecular flexibility index (Phi) is 5.36. The lowest BCUT2D eigenvalue weighted by Gasteiger charge is -2.37. The molecule has 1 aliphatic heterocycles. The summed E-state index contributed by atoms with van der Waals surface area (Å²) in [5.74, 6) is 0.895. The summed E-state index contributed by atoms with van der Waals surface area (Å²) in [6.45, 7) is 1.00. The molecule has 0 bridgehead atoms. The highest BCUT2D eigenvalue weighted by Gasteiger charge is 2.44. The van der Waals surface area contributed by atoms with E-state index in [0.29, 0.717) is 32.0 Å². The fourth-order valence-corrected chi connectivity index (χ4v) is 4.15. The zero-order chi connectivity index (χ0) is 19.6. The molecule has 4 rings (SSSR count). The Morgan fingerprint density at radius 2 is 1.89 bits per heavy atom. The van der Waals surface area contributed by atoms with Gasteiger partial charge in [0.05, 0.1) is 18.6 Å². The van der Waals surface area contributed by atoms with Gasteiger partial charge in [0.25, 0.3) is 0 Å². The van der Waals surface area contributed by atoms with Crippen LogP contribution >= 0.6 is 0 Å². The summed E-state index contributed by atoms with van der Waals surface area (Å²) in [7, 11) is 1.64. The number of amides is 1. The molecule has 0 aromatic heterocycles. The Hall–Kier alpha value is -2.40. The summed E-state index contributed by atoms with van der Waals surface area (Å²) in [5.41, 5.74) is 1.07. The van der Waals surface area contributed by atoms with Crippen molar-refractivity contribution >= 4 is 5.91 Å². The van der Waals surface area contributed by atoms with Gasteiger partial charge in [0.1, 0.15) is 11.6 Å². The molecule has 0 radical (unpaired) electrons. The second-order valence-corrected chi connectivity index (χ2v) is 7.77. The van der Waals surface area contributed by atoms with E-state index >= 15 is 0 Å². The quantitative estimate of drug-likeness (QED) is 0.815. The summed E-state index contributed by atoms with van der Waals surface area (Å²) < 4.78 is 24.7.